The number of ether oxygens (including phenoxy) is 1. The average Bonchev–Trinajstić information content (AvgIpc) is 2.60. The second kappa shape index (κ2) is 8.84. The molecule has 5 heteroatoms. The quantitative estimate of drug-likeness (QED) is 0.755. The number of benzene rings is 2. The van der Waals surface area contributed by atoms with Crippen molar-refractivity contribution in [1.82, 2.24) is 4.90 Å². The molecular weight excluding hydrogens is 306 g/mol. The van der Waals surface area contributed by atoms with Crippen LogP contribution in [0.1, 0.15) is 21.5 Å². The van der Waals surface area contributed by atoms with E-state index in [2.05, 4.69) is 0 Å². The maximum absolute atomic E-state index is 11.6. The van der Waals surface area contributed by atoms with E-state index in [1.165, 1.54) is 12.7 Å². The molecule has 0 atom stereocenters. The van der Waals surface area contributed by atoms with Gasteiger partial charge in [-0.3, -0.25) is 9.69 Å². The van der Waals surface area contributed by atoms with E-state index in [0.717, 1.165) is 12.0 Å². The largest absolute Gasteiger partial charge is 0.478 e. The second-order valence-electron chi connectivity index (χ2n) is 5.53. The molecule has 0 bridgehead atoms. The lowest BCUT2D eigenvalue weighted by molar-refractivity contribution is -0.142. The lowest BCUT2D eigenvalue weighted by atomic mass is 10.1. The zero-order valence-corrected chi connectivity index (χ0v) is 13.6. The summed E-state index contributed by atoms with van der Waals surface area (Å²) < 4.78 is 4.76. The molecule has 0 heterocycles. The van der Waals surface area contributed by atoms with Gasteiger partial charge in [0.25, 0.3) is 0 Å². The standard InChI is InChI=1S/C19H21NO4/c1-24-18(21)14-20(11-10-15-6-3-2-4-7-15)13-16-8-5-9-17(12-16)19(22)23/h2-9,12H,10-11,13-14H2,1H3,(H,22,23). The molecule has 0 saturated heterocycles. The molecule has 0 radical (unpaired) electrons. The van der Waals surface area contributed by atoms with E-state index in [4.69, 9.17) is 9.84 Å². The maximum Gasteiger partial charge on any atom is 0.335 e. The van der Waals surface area contributed by atoms with E-state index >= 15 is 0 Å². The van der Waals surface area contributed by atoms with Gasteiger partial charge in [-0.25, -0.2) is 4.79 Å². The number of rotatable bonds is 8. The summed E-state index contributed by atoms with van der Waals surface area (Å²) in [4.78, 5) is 24.7. The molecule has 0 spiro atoms. The molecule has 0 aliphatic carbocycles. The highest BCUT2D eigenvalue weighted by Gasteiger charge is 2.13. The molecule has 2 aromatic rings. The van der Waals surface area contributed by atoms with Crippen LogP contribution in [-0.4, -0.2) is 42.1 Å². The summed E-state index contributed by atoms with van der Waals surface area (Å²) in [5.41, 5.74) is 2.28. The van der Waals surface area contributed by atoms with Gasteiger partial charge in [-0.1, -0.05) is 42.5 Å². The summed E-state index contributed by atoms with van der Waals surface area (Å²) in [5.74, 6) is -1.27. The molecule has 2 rings (SSSR count). The fourth-order valence-electron chi connectivity index (χ4n) is 2.45. The van der Waals surface area contributed by atoms with Gasteiger partial charge in [0.15, 0.2) is 0 Å². The van der Waals surface area contributed by atoms with E-state index in [0.29, 0.717) is 13.1 Å². The van der Waals surface area contributed by atoms with Crippen molar-refractivity contribution in [2.75, 3.05) is 20.2 Å². The molecule has 2 aromatic carbocycles. The summed E-state index contributed by atoms with van der Waals surface area (Å²) >= 11 is 0. The van der Waals surface area contributed by atoms with Gasteiger partial charge in [-0.15, -0.1) is 0 Å². The van der Waals surface area contributed by atoms with Crippen LogP contribution in [0.5, 0.6) is 0 Å². The molecule has 0 amide bonds. The lowest BCUT2D eigenvalue weighted by Crippen LogP contribution is -2.32. The SMILES string of the molecule is COC(=O)CN(CCc1ccccc1)Cc1cccc(C(=O)O)c1. The molecule has 0 aliphatic rings. The normalized spacial score (nSPS) is 10.6. The molecule has 5 nitrogen and oxygen atoms in total. The number of carboxylic acid groups (broad SMARTS) is 1. The molecular formula is C19H21NO4. The van der Waals surface area contributed by atoms with Gasteiger partial charge in [0.1, 0.15) is 0 Å². The number of carbonyl (C=O) groups excluding carboxylic acids is 1. The van der Waals surface area contributed by atoms with Crippen molar-refractivity contribution >= 4 is 11.9 Å². The van der Waals surface area contributed by atoms with E-state index < -0.39 is 5.97 Å². The molecule has 0 aliphatic heterocycles. The summed E-state index contributed by atoms with van der Waals surface area (Å²) in [6, 6.07) is 16.8. The highest BCUT2D eigenvalue weighted by Crippen LogP contribution is 2.10. The zero-order valence-electron chi connectivity index (χ0n) is 13.6. The summed E-state index contributed by atoms with van der Waals surface area (Å²) in [7, 11) is 1.36. The predicted molar refractivity (Wildman–Crippen MR) is 90.8 cm³/mol. The van der Waals surface area contributed by atoms with Crippen molar-refractivity contribution in [2.24, 2.45) is 0 Å². The summed E-state index contributed by atoms with van der Waals surface area (Å²) in [6.07, 6.45) is 0.802. The first-order valence-corrected chi connectivity index (χ1v) is 7.74. The number of aromatic carboxylic acids is 1. The van der Waals surface area contributed by atoms with Crippen molar-refractivity contribution in [3.05, 3.63) is 71.3 Å². The van der Waals surface area contributed by atoms with Gasteiger partial charge in [0.05, 0.1) is 19.2 Å². The number of methoxy groups -OCH3 is 1. The predicted octanol–water partition coefficient (Wildman–Crippen LogP) is 2.60. The van der Waals surface area contributed by atoms with Crippen LogP contribution in [0.4, 0.5) is 0 Å². The van der Waals surface area contributed by atoms with Gasteiger partial charge in [-0.2, -0.15) is 0 Å². The number of carboxylic acids is 1. The van der Waals surface area contributed by atoms with E-state index in [1.807, 2.05) is 41.3 Å². The Morgan fingerprint density at radius 3 is 2.42 bits per heavy atom. The highest BCUT2D eigenvalue weighted by molar-refractivity contribution is 5.87. The topological polar surface area (TPSA) is 66.8 Å². The first kappa shape index (κ1) is 17.7. The van der Waals surface area contributed by atoms with Gasteiger partial charge in [0.2, 0.25) is 0 Å². The molecule has 1 N–H and O–H groups in total. The third-order valence-corrected chi connectivity index (χ3v) is 3.72. The van der Waals surface area contributed by atoms with Crippen LogP contribution in [0.3, 0.4) is 0 Å². The van der Waals surface area contributed by atoms with E-state index in [-0.39, 0.29) is 18.1 Å². The first-order chi connectivity index (χ1) is 11.6. The minimum Gasteiger partial charge on any atom is -0.478 e. The number of esters is 1. The molecule has 0 aromatic heterocycles. The third kappa shape index (κ3) is 5.52. The van der Waals surface area contributed by atoms with Crippen LogP contribution < -0.4 is 0 Å². The van der Waals surface area contributed by atoms with Crippen molar-refractivity contribution in [3.8, 4) is 0 Å². The summed E-state index contributed by atoms with van der Waals surface area (Å²) in [5, 5.41) is 9.09. The second-order valence-corrected chi connectivity index (χ2v) is 5.53. The average molecular weight is 327 g/mol. The smallest absolute Gasteiger partial charge is 0.335 e. The molecule has 0 saturated carbocycles. The Kier molecular flexibility index (Phi) is 6.51. The Bertz CT molecular complexity index is 685. The Morgan fingerprint density at radius 2 is 1.75 bits per heavy atom. The Morgan fingerprint density at radius 1 is 1.04 bits per heavy atom. The zero-order chi connectivity index (χ0) is 17.4. The van der Waals surface area contributed by atoms with E-state index in [9.17, 15) is 9.59 Å². The molecule has 0 fully saturated rings. The van der Waals surface area contributed by atoms with Crippen LogP contribution in [-0.2, 0) is 22.5 Å². The monoisotopic (exact) mass is 327 g/mol. The van der Waals surface area contributed by atoms with Crippen molar-refractivity contribution in [3.63, 3.8) is 0 Å². The fourth-order valence-corrected chi connectivity index (χ4v) is 2.45. The van der Waals surface area contributed by atoms with Crippen LogP contribution in [0.2, 0.25) is 0 Å². The van der Waals surface area contributed by atoms with E-state index in [1.54, 1.807) is 18.2 Å². The fraction of sp³-hybridized carbons (Fsp3) is 0.263. The van der Waals surface area contributed by atoms with Gasteiger partial charge in [0, 0.05) is 13.1 Å². The molecule has 0 unspecified atom stereocenters. The van der Waals surface area contributed by atoms with Crippen LogP contribution in [0.15, 0.2) is 54.6 Å². The number of carbonyl (C=O) groups is 2. The number of hydrogen-bond donors (Lipinski definition) is 1. The minimum atomic E-state index is -0.958. The van der Waals surface area contributed by atoms with Crippen LogP contribution >= 0.6 is 0 Å². The van der Waals surface area contributed by atoms with Crippen molar-refractivity contribution < 1.29 is 19.4 Å². The third-order valence-electron chi connectivity index (χ3n) is 3.72. The van der Waals surface area contributed by atoms with Gasteiger partial charge < -0.3 is 9.84 Å². The highest BCUT2D eigenvalue weighted by atomic mass is 16.5. The molecule has 24 heavy (non-hydrogen) atoms. The Hall–Kier alpha value is -2.66. The number of nitrogens with zero attached hydrogens (tertiary/aromatic N) is 1. The van der Waals surface area contributed by atoms with Crippen LogP contribution in [0, 0.1) is 0 Å². The Balaban J connectivity index is 2.06. The van der Waals surface area contributed by atoms with Gasteiger partial charge in [-0.05, 0) is 29.7 Å². The Labute approximate surface area is 141 Å². The van der Waals surface area contributed by atoms with Crippen molar-refractivity contribution in [1.29, 1.82) is 0 Å². The summed E-state index contributed by atoms with van der Waals surface area (Å²) in [6.45, 7) is 1.33. The minimum absolute atomic E-state index is 0.167. The first-order valence-electron chi connectivity index (χ1n) is 7.74. The number of hydrogen-bond acceptors (Lipinski definition) is 4. The molecule has 126 valence electrons. The van der Waals surface area contributed by atoms with Crippen molar-refractivity contribution in [2.45, 2.75) is 13.0 Å². The maximum atomic E-state index is 11.6. The lowest BCUT2D eigenvalue weighted by Gasteiger charge is -2.21. The van der Waals surface area contributed by atoms with Gasteiger partial charge >= 0.3 is 11.9 Å². The van der Waals surface area contributed by atoms with Crippen LogP contribution in [0.25, 0.3) is 0 Å².